The third kappa shape index (κ3) is 5.04. The first-order valence-electron chi connectivity index (χ1n) is 9.46. The van der Waals surface area contributed by atoms with Gasteiger partial charge in [-0.25, -0.2) is 0 Å². The molecule has 30 heavy (non-hydrogen) atoms. The third-order valence-corrected chi connectivity index (χ3v) is 5.46. The summed E-state index contributed by atoms with van der Waals surface area (Å²) in [5, 5.41) is 5.45. The van der Waals surface area contributed by atoms with E-state index in [-0.39, 0.29) is 25.0 Å². The van der Waals surface area contributed by atoms with Crippen LogP contribution in [0.5, 0.6) is 5.75 Å². The van der Waals surface area contributed by atoms with Gasteiger partial charge in [-0.05, 0) is 36.1 Å². The first kappa shape index (κ1) is 21.9. The van der Waals surface area contributed by atoms with Crippen LogP contribution >= 0.6 is 23.2 Å². The predicted octanol–water partition coefficient (Wildman–Crippen LogP) is 4.69. The number of carbonyl (C=O) groups is 2. The van der Waals surface area contributed by atoms with Crippen LogP contribution in [-0.2, 0) is 16.1 Å². The molecule has 2 amide bonds. The van der Waals surface area contributed by atoms with Crippen LogP contribution in [0.2, 0.25) is 10.0 Å². The molecule has 7 heteroatoms. The summed E-state index contributed by atoms with van der Waals surface area (Å²) < 4.78 is 5.84. The number of rotatable bonds is 7. The summed E-state index contributed by atoms with van der Waals surface area (Å²) in [6, 6.07) is 17.8. The number of benzene rings is 3. The molecule has 0 radical (unpaired) electrons. The maximum absolute atomic E-state index is 13.0. The molecule has 0 aliphatic carbocycles. The van der Waals surface area contributed by atoms with E-state index in [1.807, 2.05) is 42.5 Å². The summed E-state index contributed by atoms with van der Waals surface area (Å²) in [7, 11) is 1.53. The van der Waals surface area contributed by atoms with Crippen LogP contribution in [-0.4, -0.2) is 36.4 Å². The Balaban J connectivity index is 1.81. The second-order valence-corrected chi connectivity index (χ2v) is 7.66. The molecule has 0 unspecified atom stereocenters. The zero-order chi connectivity index (χ0) is 21.7. The summed E-state index contributed by atoms with van der Waals surface area (Å²) in [4.78, 5) is 26.7. The maximum atomic E-state index is 13.0. The summed E-state index contributed by atoms with van der Waals surface area (Å²) in [5.41, 5.74) is 0.690. The van der Waals surface area contributed by atoms with E-state index in [0.29, 0.717) is 21.4 Å². The monoisotopic (exact) mass is 444 g/mol. The van der Waals surface area contributed by atoms with Gasteiger partial charge in [0.05, 0.1) is 0 Å². The number of carbonyl (C=O) groups excluding carboxylic acids is 2. The molecule has 0 saturated heterocycles. The Morgan fingerprint density at radius 1 is 1.07 bits per heavy atom. The lowest BCUT2D eigenvalue weighted by Crippen LogP contribution is -2.48. The molecule has 5 nitrogen and oxygen atoms in total. The molecule has 156 valence electrons. The van der Waals surface area contributed by atoms with Crippen LogP contribution in [0, 0.1) is 0 Å². The van der Waals surface area contributed by atoms with Gasteiger partial charge in [0.2, 0.25) is 5.91 Å². The highest BCUT2D eigenvalue weighted by atomic mass is 35.5. The van der Waals surface area contributed by atoms with Gasteiger partial charge in [-0.2, -0.15) is 0 Å². The summed E-state index contributed by atoms with van der Waals surface area (Å²) in [6.45, 7) is 1.61. The van der Waals surface area contributed by atoms with E-state index in [0.717, 1.165) is 10.8 Å². The lowest BCUT2D eigenvalue weighted by molar-refractivity contribution is -0.142. The van der Waals surface area contributed by atoms with E-state index in [4.69, 9.17) is 27.9 Å². The Bertz CT molecular complexity index is 1070. The van der Waals surface area contributed by atoms with Crippen molar-refractivity contribution in [3.63, 3.8) is 0 Å². The van der Waals surface area contributed by atoms with E-state index in [1.165, 1.54) is 11.9 Å². The van der Waals surface area contributed by atoms with E-state index >= 15 is 0 Å². The van der Waals surface area contributed by atoms with Gasteiger partial charge < -0.3 is 15.0 Å². The van der Waals surface area contributed by atoms with Crippen LogP contribution in [0.25, 0.3) is 10.8 Å². The van der Waals surface area contributed by atoms with E-state index in [9.17, 15) is 9.59 Å². The average molecular weight is 445 g/mol. The van der Waals surface area contributed by atoms with E-state index in [1.54, 1.807) is 25.1 Å². The largest absolute Gasteiger partial charge is 0.483 e. The maximum Gasteiger partial charge on any atom is 0.261 e. The van der Waals surface area contributed by atoms with Gasteiger partial charge in [-0.1, -0.05) is 65.7 Å². The van der Waals surface area contributed by atoms with Crippen molar-refractivity contribution in [2.24, 2.45) is 0 Å². The molecule has 3 aromatic rings. The van der Waals surface area contributed by atoms with Crippen LogP contribution in [0.4, 0.5) is 0 Å². The van der Waals surface area contributed by atoms with Crippen molar-refractivity contribution in [2.45, 2.75) is 19.5 Å². The molecule has 0 aromatic heterocycles. The van der Waals surface area contributed by atoms with Gasteiger partial charge in [-0.3, -0.25) is 9.59 Å². The Labute approximate surface area is 185 Å². The minimum absolute atomic E-state index is 0.155. The standard InChI is InChI=1S/C23H22Cl2N2O3/c1-15(23(29)26-2)27(13-17-10-11-18(24)12-20(17)25)22(28)14-30-21-9-5-7-16-6-3-4-8-19(16)21/h3-12,15H,13-14H2,1-2H3,(H,26,29)/t15-/m0/s1. The number of nitrogens with one attached hydrogen (secondary N) is 1. The highest BCUT2D eigenvalue weighted by molar-refractivity contribution is 6.35. The van der Waals surface area contributed by atoms with Crippen LogP contribution in [0.3, 0.4) is 0 Å². The molecule has 0 saturated carbocycles. The number of ether oxygens (including phenoxy) is 1. The SMILES string of the molecule is CNC(=O)[C@H](C)N(Cc1ccc(Cl)cc1Cl)C(=O)COc1cccc2ccccc12. The molecule has 0 heterocycles. The van der Waals surface area contributed by atoms with Gasteiger partial charge in [-0.15, -0.1) is 0 Å². The summed E-state index contributed by atoms with van der Waals surface area (Å²) in [6.07, 6.45) is 0. The van der Waals surface area contributed by atoms with Crippen LogP contribution in [0.1, 0.15) is 12.5 Å². The normalized spacial score (nSPS) is 11.7. The second kappa shape index (κ2) is 9.83. The van der Waals surface area contributed by atoms with Gasteiger partial charge >= 0.3 is 0 Å². The number of hydrogen-bond acceptors (Lipinski definition) is 3. The molecule has 3 aromatic carbocycles. The molecule has 0 spiro atoms. The topological polar surface area (TPSA) is 58.6 Å². The number of likely N-dealkylation sites (N-methyl/N-ethyl adjacent to an activating group) is 1. The highest BCUT2D eigenvalue weighted by Gasteiger charge is 2.26. The highest BCUT2D eigenvalue weighted by Crippen LogP contribution is 2.26. The Morgan fingerprint density at radius 3 is 2.53 bits per heavy atom. The van der Waals surface area contributed by atoms with E-state index < -0.39 is 6.04 Å². The predicted molar refractivity (Wildman–Crippen MR) is 120 cm³/mol. The number of fused-ring (bicyclic) bond motifs is 1. The number of halogens is 2. The third-order valence-electron chi connectivity index (χ3n) is 4.87. The number of nitrogens with zero attached hydrogens (tertiary/aromatic N) is 1. The van der Waals surface area contributed by atoms with Gasteiger partial charge in [0.15, 0.2) is 6.61 Å². The molecular weight excluding hydrogens is 423 g/mol. The first-order chi connectivity index (χ1) is 14.4. The molecular formula is C23H22Cl2N2O3. The quantitative estimate of drug-likeness (QED) is 0.574. The molecule has 0 bridgehead atoms. The van der Waals surface area contributed by atoms with Crippen molar-refractivity contribution in [3.05, 3.63) is 76.3 Å². The van der Waals surface area contributed by atoms with Crippen molar-refractivity contribution < 1.29 is 14.3 Å². The Morgan fingerprint density at radius 2 is 1.80 bits per heavy atom. The zero-order valence-corrected chi connectivity index (χ0v) is 18.2. The van der Waals surface area contributed by atoms with Gasteiger partial charge in [0.25, 0.3) is 5.91 Å². The summed E-state index contributed by atoms with van der Waals surface area (Å²) >= 11 is 12.2. The van der Waals surface area contributed by atoms with Crippen molar-refractivity contribution in [1.82, 2.24) is 10.2 Å². The number of amides is 2. The lowest BCUT2D eigenvalue weighted by Gasteiger charge is -2.28. The summed E-state index contributed by atoms with van der Waals surface area (Å²) in [5.74, 6) is 0.00201. The zero-order valence-electron chi connectivity index (χ0n) is 16.7. The first-order valence-corrected chi connectivity index (χ1v) is 10.2. The molecule has 1 N–H and O–H groups in total. The van der Waals surface area contributed by atoms with Crippen molar-refractivity contribution >= 4 is 45.8 Å². The van der Waals surface area contributed by atoms with Crippen molar-refractivity contribution in [2.75, 3.05) is 13.7 Å². The molecule has 0 aliphatic rings. The van der Waals surface area contributed by atoms with Gasteiger partial charge in [0, 0.05) is 29.0 Å². The fraction of sp³-hybridized carbons (Fsp3) is 0.217. The average Bonchev–Trinajstić information content (AvgIpc) is 2.75. The Kier molecular flexibility index (Phi) is 7.19. The van der Waals surface area contributed by atoms with Crippen LogP contribution < -0.4 is 10.1 Å². The molecule has 1 atom stereocenters. The van der Waals surface area contributed by atoms with Crippen LogP contribution in [0.15, 0.2) is 60.7 Å². The van der Waals surface area contributed by atoms with Gasteiger partial charge in [0.1, 0.15) is 11.8 Å². The minimum Gasteiger partial charge on any atom is -0.483 e. The minimum atomic E-state index is -0.703. The molecule has 0 fully saturated rings. The second-order valence-electron chi connectivity index (χ2n) is 6.81. The fourth-order valence-corrected chi connectivity index (χ4v) is 3.64. The molecule has 3 rings (SSSR count). The Hall–Kier alpha value is -2.76. The number of hydrogen-bond donors (Lipinski definition) is 1. The lowest BCUT2D eigenvalue weighted by atomic mass is 10.1. The smallest absolute Gasteiger partial charge is 0.261 e. The molecule has 0 aliphatic heterocycles. The van der Waals surface area contributed by atoms with E-state index in [2.05, 4.69) is 5.32 Å². The van der Waals surface area contributed by atoms with Crippen molar-refractivity contribution in [3.8, 4) is 5.75 Å². The van der Waals surface area contributed by atoms with Crippen molar-refractivity contribution in [1.29, 1.82) is 0 Å². The fourth-order valence-electron chi connectivity index (χ4n) is 3.17.